The standard InChI is InChI=1S/C12H12BrF3N4/c1-7-18-19-11(20(7)2)6-17-8-3-4-10(13)9(5-8)12(14,15)16/h3-5,17H,6H2,1-2H3. The molecular weight excluding hydrogens is 337 g/mol. The molecule has 0 bridgehead atoms. The summed E-state index contributed by atoms with van der Waals surface area (Å²) in [5.41, 5.74) is -0.335. The highest BCUT2D eigenvalue weighted by Gasteiger charge is 2.33. The third kappa shape index (κ3) is 3.12. The molecule has 0 aliphatic heterocycles. The number of nitrogens with one attached hydrogen (secondary N) is 1. The van der Waals surface area contributed by atoms with Crippen molar-refractivity contribution in [2.75, 3.05) is 5.32 Å². The van der Waals surface area contributed by atoms with Crippen LogP contribution in [0.25, 0.3) is 0 Å². The minimum absolute atomic E-state index is 0.0186. The first-order valence-electron chi connectivity index (χ1n) is 5.74. The van der Waals surface area contributed by atoms with Gasteiger partial charge in [0.05, 0.1) is 12.1 Å². The molecule has 0 unspecified atom stereocenters. The maximum atomic E-state index is 12.8. The summed E-state index contributed by atoms with van der Waals surface area (Å²) < 4.78 is 40.1. The Labute approximate surface area is 122 Å². The van der Waals surface area contributed by atoms with E-state index in [4.69, 9.17) is 0 Å². The lowest BCUT2D eigenvalue weighted by atomic mass is 10.2. The quantitative estimate of drug-likeness (QED) is 0.922. The molecule has 0 atom stereocenters. The molecular formula is C12H12BrF3N4. The summed E-state index contributed by atoms with van der Waals surface area (Å²) in [6.45, 7) is 2.11. The molecule has 0 spiro atoms. The van der Waals surface area contributed by atoms with Crippen molar-refractivity contribution >= 4 is 21.6 Å². The summed E-state index contributed by atoms with van der Waals surface area (Å²) in [4.78, 5) is 0. The molecule has 1 heterocycles. The molecule has 0 aliphatic carbocycles. The van der Waals surface area contributed by atoms with E-state index >= 15 is 0 Å². The zero-order valence-corrected chi connectivity index (χ0v) is 12.4. The van der Waals surface area contributed by atoms with Gasteiger partial charge in [0, 0.05) is 17.2 Å². The van der Waals surface area contributed by atoms with Gasteiger partial charge in [0.25, 0.3) is 0 Å². The lowest BCUT2D eigenvalue weighted by molar-refractivity contribution is -0.138. The van der Waals surface area contributed by atoms with Crippen molar-refractivity contribution in [1.82, 2.24) is 14.8 Å². The minimum Gasteiger partial charge on any atom is -0.378 e. The van der Waals surface area contributed by atoms with Crippen molar-refractivity contribution in [3.05, 3.63) is 39.9 Å². The SMILES string of the molecule is Cc1nnc(CNc2ccc(Br)c(C(F)(F)F)c2)n1C. The Kier molecular flexibility index (Phi) is 4.03. The topological polar surface area (TPSA) is 42.7 Å². The van der Waals surface area contributed by atoms with Gasteiger partial charge in [-0.15, -0.1) is 10.2 Å². The summed E-state index contributed by atoms with van der Waals surface area (Å²) in [5, 5.41) is 10.7. The number of nitrogens with zero attached hydrogens (tertiary/aromatic N) is 3. The van der Waals surface area contributed by atoms with Crippen LogP contribution in [-0.2, 0) is 19.8 Å². The maximum absolute atomic E-state index is 12.8. The predicted octanol–water partition coefficient (Wildman–Crippen LogP) is 3.52. The van der Waals surface area contributed by atoms with Crippen LogP contribution >= 0.6 is 15.9 Å². The van der Waals surface area contributed by atoms with Crippen LogP contribution in [0, 0.1) is 6.92 Å². The number of aromatic nitrogens is 3. The summed E-state index contributed by atoms with van der Waals surface area (Å²) in [7, 11) is 1.80. The second kappa shape index (κ2) is 5.43. The van der Waals surface area contributed by atoms with Crippen LogP contribution in [-0.4, -0.2) is 14.8 Å². The van der Waals surface area contributed by atoms with E-state index < -0.39 is 11.7 Å². The van der Waals surface area contributed by atoms with E-state index in [0.29, 0.717) is 18.1 Å². The Hall–Kier alpha value is -1.57. The molecule has 1 aromatic carbocycles. The average molecular weight is 349 g/mol. The van der Waals surface area contributed by atoms with Crippen molar-refractivity contribution in [3.63, 3.8) is 0 Å². The Morgan fingerprint density at radius 3 is 2.55 bits per heavy atom. The lowest BCUT2D eigenvalue weighted by Gasteiger charge is -2.12. The molecule has 20 heavy (non-hydrogen) atoms. The maximum Gasteiger partial charge on any atom is 0.417 e. The van der Waals surface area contributed by atoms with E-state index in [9.17, 15) is 13.2 Å². The molecule has 0 radical (unpaired) electrons. The molecule has 0 aliphatic rings. The third-order valence-corrected chi connectivity index (χ3v) is 3.60. The van der Waals surface area contributed by atoms with Crippen molar-refractivity contribution in [1.29, 1.82) is 0 Å². The zero-order valence-electron chi connectivity index (χ0n) is 10.8. The van der Waals surface area contributed by atoms with Crippen LogP contribution in [0.3, 0.4) is 0 Å². The molecule has 1 aromatic heterocycles. The zero-order chi connectivity index (χ0) is 14.9. The van der Waals surface area contributed by atoms with Gasteiger partial charge in [0.15, 0.2) is 5.82 Å². The number of hydrogen-bond acceptors (Lipinski definition) is 3. The third-order valence-electron chi connectivity index (χ3n) is 2.91. The number of aryl methyl sites for hydroxylation is 1. The van der Waals surface area contributed by atoms with E-state index in [-0.39, 0.29) is 4.47 Å². The Balaban J connectivity index is 2.17. The summed E-state index contributed by atoms with van der Waals surface area (Å²) in [5.74, 6) is 1.40. The molecule has 4 nitrogen and oxygen atoms in total. The van der Waals surface area contributed by atoms with Crippen molar-refractivity contribution < 1.29 is 13.2 Å². The molecule has 0 saturated heterocycles. The normalized spacial score (nSPS) is 11.7. The van der Waals surface area contributed by atoms with Gasteiger partial charge < -0.3 is 9.88 Å². The van der Waals surface area contributed by atoms with Gasteiger partial charge >= 0.3 is 6.18 Å². The number of halogens is 4. The van der Waals surface area contributed by atoms with Gasteiger partial charge in [0.2, 0.25) is 0 Å². The van der Waals surface area contributed by atoms with Gasteiger partial charge in [-0.05, 0) is 25.1 Å². The van der Waals surface area contributed by atoms with E-state index in [1.807, 2.05) is 0 Å². The van der Waals surface area contributed by atoms with Crippen LogP contribution in [0.2, 0.25) is 0 Å². The molecule has 1 N–H and O–H groups in total. The van der Waals surface area contributed by atoms with E-state index in [0.717, 1.165) is 11.9 Å². The van der Waals surface area contributed by atoms with Crippen LogP contribution in [0.4, 0.5) is 18.9 Å². The lowest BCUT2D eigenvalue weighted by Crippen LogP contribution is -2.09. The highest BCUT2D eigenvalue weighted by Crippen LogP contribution is 2.36. The molecule has 0 saturated carbocycles. The predicted molar refractivity (Wildman–Crippen MR) is 72.2 cm³/mol. The Bertz CT molecular complexity index is 622. The van der Waals surface area contributed by atoms with E-state index in [2.05, 4.69) is 31.4 Å². The first kappa shape index (κ1) is 14.8. The van der Waals surface area contributed by atoms with Gasteiger partial charge in [-0.1, -0.05) is 15.9 Å². The van der Waals surface area contributed by atoms with Crippen molar-refractivity contribution in [2.45, 2.75) is 19.6 Å². The fraction of sp³-hybridized carbons (Fsp3) is 0.333. The second-order valence-corrected chi connectivity index (χ2v) is 5.12. The van der Waals surface area contributed by atoms with E-state index in [1.54, 1.807) is 24.6 Å². The van der Waals surface area contributed by atoms with Crippen LogP contribution in [0.15, 0.2) is 22.7 Å². The molecule has 0 amide bonds. The van der Waals surface area contributed by atoms with Crippen molar-refractivity contribution in [3.8, 4) is 0 Å². The average Bonchev–Trinajstić information content (AvgIpc) is 2.68. The molecule has 108 valence electrons. The minimum atomic E-state index is -4.39. The fourth-order valence-corrected chi connectivity index (χ4v) is 2.11. The second-order valence-electron chi connectivity index (χ2n) is 4.27. The smallest absolute Gasteiger partial charge is 0.378 e. The highest BCUT2D eigenvalue weighted by molar-refractivity contribution is 9.10. The monoisotopic (exact) mass is 348 g/mol. The summed E-state index contributed by atoms with van der Waals surface area (Å²) in [6.07, 6.45) is -4.39. The number of rotatable bonds is 3. The fourth-order valence-electron chi connectivity index (χ4n) is 1.64. The van der Waals surface area contributed by atoms with Gasteiger partial charge in [0.1, 0.15) is 5.82 Å². The van der Waals surface area contributed by atoms with E-state index in [1.165, 1.54) is 6.07 Å². The number of alkyl halides is 3. The van der Waals surface area contributed by atoms with Gasteiger partial charge in [-0.25, -0.2) is 0 Å². The molecule has 2 rings (SSSR count). The van der Waals surface area contributed by atoms with Crippen LogP contribution in [0.5, 0.6) is 0 Å². The summed E-state index contributed by atoms with van der Waals surface area (Å²) in [6, 6.07) is 4.00. The van der Waals surface area contributed by atoms with Gasteiger partial charge in [-0.3, -0.25) is 0 Å². The van der Waals surface area contributed by atoms with Crippen LogP contribution in [0.1, 0.15) is 17.2 Å². The summed E-state index contributed by atoms with van der Waals surface area (Å²) >= 11 is 2.90. The molecule has 2 aromatic rings. The Morgan fingerprint density at radius 1 is 1.30 bits per heavy atom. The number of anilines is 1. The number of hydrogen-bond donors (Lipinski definition) is 1. The van der Waals surface area contributed by atoms with Gasteiger partial charge in [-0.2, -0.15) is 13.2 Å². The first-order valence-corrected chi connectivity index (χ1v) is 6.54. The largest absolute Gasteiger partial charge is 0.417 e. The number of benzene rings is 1. The highest BCUT2D eigenvalue weighted by atomic mass is 79.9. The molecule has 8 heteroatoms. The van der Waals surface area contributed by atoms with Crippen LogP contribution < -0.4 is 5.32 Å². The molecule has 0 fully saturated rings. The Morgan fingerprint density at radius 2 is 2.00 bits per heavy atom. The van der Waals surface area contributed by atoms with Crippen molar-refractivity contribution in [2.24, 2.45) is 7.05 Å². The first-order chi connectivity index (χ1) is 9.29.